The largest absolute Gasteiger partial charge is 0.507 e. The van der Waals surface area contributed by atoms with Crippen LogP contribution in [0.25, 0.3) is 0 Å². The molecule has 4 atom stereocenters. The Kier molecular flexibility index (Phi) is 18.3. The van der Waals surface area contributed by atoms with E-state index in [0.29, 0.717) is 29.2 Å². The number of nitrogens with one attached hydrogen (secondary N) is 1. The zero-order valence-corrected chi connectivity index (χ0v) is 35.9. The van der Waals surface area contributed by atoms with Crippen LogP contribution in [0.2, 0.25) is 0 Å². The van der Waals surface area contributed by atoms with E-state index in [1.165, 1.54) is 23.1 Å². The number of ether oxygens (including phenoxy) is 2. The van der Waals surface area contributed by atoms with Crippen LogP contribution in [-0.2, 0) is 12.8 Å². The van der Waals surface area contributed by atoms with Crippen molar-refractivity contribution < 1.29 is 29.3 Å². The third-order valence-electron chi connectivity index (χ3n) is 11.3. The average Bonchev–Trinajstić information content (AvgIpc) is 3.14. The zero-order valence-electron chi connectivity index (χ0n) is 35.9. The Labute approximate surface area is 337 Å². The van der Waals surface area contributed by atoms with Gasteiger partial charge in [0.2, 0.25) is 0 Å². The predicted molar refractivity (Wildman–Crippen MR) is 230 cm³/mol. The first-order valence-electron chi connectivity index (χ1n) is 20.8. The molecule has 8 nitrogen and oxygen atoms in total. The van der Waals surface area contributed by atoms with E-state index in [2.05, 4.69) is 58.3 Å². The summed E-state index contributed by atoms with van der Waals surface area (Å²) in [4.78, 5) is 26.0. The van der Waals surface area contributed by atoms with Gasteiger partial charge in [0, 0.05) is 43.6 Å². The van der Waals surface area contributed by atoms with Crippen LogP contribution in [0.15, 0.2) is 71.9 Å². The maximum absolute atomic E-state index is 12.5. The number of phenols is 2. The number of nitrogens with zero attached hydrogens (tertiary/aromatic N) is 1. The maximum atomic E-state index is 12.5. The zero-order chi connectivity index (χ0) is 41.5. The number of hydrogen-bond donors (Lipinski definition) is 3. The molecule has 0 fully saturated rings. The van der Waals surface area contributed by atoms with Crippen molar-refractivity contribution in [3.63, 3.8) is 0 Å². The first-order chi connectivity index (χ1) is 26.6. The van der Waals surface area contributed by atoms with Gasteiger partial charge < -0.3 is 29.9 Å². The number of benzene rings is 2. The van der Waals surface area contributed by atoms with Crippen LogP contribution in [0, 0.1) is 11.8 Å². The molecule has 308 valence electrons. The lowest BCUT2D eigenvalue weighted by molar-refractivity contribution is 0.164. The molecule has 0 unspecified atom stereocenters. The Morgan fingerprint density at radius 1 is 0.750 bits per heavy atom. The summed E-state index contributed by atoms with van der Waals surface area (Å²) in [6.45, 7) is 23.4. The Morgan fingerprint density at radius 3 is 1.55 bits per heavy atom. The fourth-order valence-electron chi connectivity index (χ4n) is 7.88. The first-order valence-corrected chi connectivity index (χ1v) is 20.8. The first kappa shape index (κ1) is 45.9. The third-order valence-corrected chi connectivity index (χ3v) is 11.3. The molecule has 2 aromatic carbocycles. The van der Waals surface area contributed by atoms with Crippen molar-refractivity contribution >= 4 is 12.2 Å². The van der Waals surface area contributed by atoms with E-state index in [0.717, 1.165) is 99.3 Å². The topological polar surface area (TPSA) is 108 Å². The molecule has 2 aromatic rings. The normalized spacial score (nSPS) is 19.1. The number of carbonyl (C=O) groups excluding carboxylic acids is 2. The molecule has 0 bridgehead atoms. The standard InChI is InChI=1S/C25H37NO3.C23H33NO3/c1-7-9-10-11-19-15-22(27)24(23(16-19)29-25(28)26(6)8-2)21-14-18(5)12-13-20(21)17(3)4;1-6-7-8-9-17-13-20(25)22(21(14-17)27-23(26)24-5)19-12-16(4)10-11-18(19)15(2)3/h14-16,20-21,27H,3,7-13H2,1-2,4-6H3;12-14,18-19,25H,2,6-11H2,1,3-5H3,(H,24,26)/t20-,21+;18-,19+/m00/s1. The highest BCUT2D eigenvalue weighted by atomic mass is 16.6. The fraction of sp³-hybridized carbons (Fsp3) is 0.542. The SMILES string of the molecule is C=C(C)[C@@H]1CCC(C)=C[C@H]1c1c(O)cc(CCCCC)cc1OC(=O)N(C)CC.C=C(C)[C@@H]1CCC(C)=C[C@H]1c1c(O)cc(CCCCC)cc1OC(=O)NC. The second-order valence-electron chi connectivity index (χ2n) is 16.1. The summed E-state index contributed by atoms with van der Waals surface area (Å²) in [5.74, 6) is 1.69. The molecule has 3 N–H and O–H groups in total. The van der Waals surface area contributed by atoms with Gasteiger partial charge in [0.25, 0.3) is 0 Å². The fourth-order valence-corrected chi connectivity index (χ4v) is 7.88. The van der Waals surface area contributed by atoms with Crippen molar-refractivity contribution in [1.82, 2.24) is 10.2 Å². The highest BCUT2D eigenvalue weighted by Gasteiger charge is 2.33. The molecular formula is C48H70N2O6. The highest BCUT2D eigenvalue weighted by molar-refractivity contribution is 5.72. The van der Waals surface area contributed by atoms with E-state index in [9.17, 15) is 19.8 Å². The van der Waals surface area contributed by atoms with E-state index in [1.807, 2.05) is 45.0 Å². The van der Waals surface area contributed by atoms with Crippen molar-refractivity contribution in [1.29, 1.82) is 0 Å². The molecule has 8 heteroatoms. The summed E-state index contributed by atoms with van der Waals surface area (Å²) >= 11 is 0. The van der Waals surface area contributed by atoms with Gasteiger partial charge in [-0.05, 0) is 133 Å². The van der Waals surface area contributed by atoms with Crippen molar-refractivity contribution in [2.45, 2.75) is 137 Å². The van der Waals surface area contributed by atoms with E-state index < -0.39 is 12.2 Å². The van der Waals surface area contributed by atoms with E-state index in [1.54, 1.807) is 7.05 Å². The number of carbonyl (C=O) groups is 2. The molecule has 2 amide bonds. The van der Waals surface area contributed by atoms with Crippen LogP contribution in [0.5, 0.6) is 23.0 Å². The van der Waals surface area contributed by atoms with Crippen LogP contribution in [0.4, 0.5) is 9.59 Å². The van der Waals surface area contributed by atoms with Gasteiger partial charge in [0.05, 0.1) is 0 Å². The molecule has 2 aliphatic carbocycles. The minimum Gasteiger partial charge on any atom is -0.507 e. The van der Waals surface area contributed by atoms with Crippen molar-refractivity contribution in [2.24, 2.45) is 11.8 Å². The third kappa shape index (κ3) is 12.8. The van der Waals surface area contributed by atoms with Gasteiger partial charge in [-0.25, -0.2) is 9.59 Å². The van der Waals surface area contributed by atoms with Crippen LogP contribution < -0.4 is 14.8 Å². The Morgan fingerprint density at radius 2 is 1.18 bits per heavy atom. The monoisotopic (exact) mass is 771 g/mol. The van der Waals surface area contributed by atoms with E-state index >= 15 is 0 Å². The molecule has 56 heavy (non-hydrogen) atoms. The quantitative estimate of drug-likeness (QED) is 0.123. The number of hydrogen-bond acceptors (Lipinski definition) is 6. The van der Waals surface area contributed by atoms with E-state index in [-0.39, 0.29) is 35.2 Å². The molecule has 0 radical (unpaired) electrons. The molecular weight excluding hydrogens is 701 g/mol. The molecule has 0 aromatic heterocycles. The summed E-state index contributed by atoms with van der Waals surface area (Å²) in [6, 6.07) is 7.53. The van der Waals surface area contributed by atoms with Crippen molar-refractivity contribution in [3.8, 4) is 23.0 Å². The summed E-state index contributed by atoms with van der Waals surface area (Å²) in [6.07, 6.45) is 15.9. The number of aryl methyl sites for hydroxylation is 2. The molecule has 4 rings (SSSR count). The van der Waals surface area contributed by atoms with Crippen LogP contribution >= 0.6 is 0 Å². The van der Waals surface area contributed by atoms with Gasteiger partial charge in [-0.2, -0.15) is 0 Å². The molecule has 0 aliphatic heterocycles. The minimum absolute atomic E-state index is 0.0410. The Balaban J connectivity index is 0.000000301. The lowest BCUT2D eigenvalue weighted by atomic mass is 9.73. The second kappa shape index (κ2) is 22.3. The lowest BCUT2D eigenvalue weighted by Crippen LogP contribution is -2.30. The number of unbranched alkanes of at least 4 members (excludes halogenated alkanes) is 4. The number of rotatable bonds is 15. The molecule has 0 saturated carbocycles. The van der Waals surface area contributed by atoms with Gasteiger partial charge in [0.1, 0.15) is 23.0 Å². The van der Waals surface area contributed by atoms with Crippen LogP contribution in [0.3, 0.4) is 0 Å². The summed E-state index contributed by atoms with van der Waals surface area (Å²) < 4.78 is 11.4. The summed E-state index contributed by atoms with van der Waals surface area (Å²) in [5.41, 5.74) is 8.14. The van der Waals surface area contributed by atoms with Gasteiger partial charge in [-0.1, -0.05) is 87.1 Å². The molecule has 0 saturated heterocycles. The molecule has 0 heterocycles. The van der Waals surface area contributed by atoms with Crippen molar-refractivity contribution in [3.05, 3.63) is 94.1 Å². The molecule has 0 spiro atoms. The van der Waals surface area contributed by atoms with Crippen LogP contribution in [0.1, 0.15) is 147 Å². The van der Waals surface area contributed by atoms with E-state index in [4.69, 9.17) is 9.47 Å². The number of amides is 2. The number of aromatic hydroxyl groups is 2. The summed E-state index contributed by atoms with van der Waals surface area (Å²) in [7, 11) is 3.25. The van der Waals surface area contributed by atoms with Gasteiger partial charge in [-0.3, -0.25) is 0 Å². The predicted octanol–water partition coefficient (Wildman–Crippen LogP) is 12.5. The summed E-state index contributed by atoms with van der Waals surface area (Å²) in [5, 5.41) is 24.4. The van der Waals surface area contributed by atoms with Gasteiger partial charge in [-0.15, -0.1) is 0 Å². The minimum atomic E-state index is -0.523. The average molecular weight is 771 g/mol. The van der Waals surface area contributed by atoms with Crippen LogP contribution in [-0.4, -0.2) is 47.9 Å². The van der Waals surface area contributed by atoms with Gasteiger partial charge in [0.15, 0.2) is 0 Å². The highest BCUT2D eigenvalue weighted by Crippen LogP contribution is 2.48. The lowest BCUT2D eigenvalue weighted by Gasteiger charge is -2.32. The van der Waals surface area contributed by atoms with Crippen molar-refractivity contribution in [2.75, 3.05) is 20.6 Å². The number of allylic oxidation sites excluding steroid dienone is 6. The van der Waals surface area contributed by atoms with Gasteiger partial charge >= 0.3 is 12.2 Å². The smallest absolute Gasteiger partial charge is 0.414 e. The second-order valence-corrected chi connectivity index (χ2v) is 16.1. The Bertz CT molecular complexity index is 1740. The Hall–Kier alpha value is -4.46. The maximum Gasteiger partial charge on any atom is 0.414 e. The molecule has 2 aliphatic rings. The number of phenolic OH excluding ortho intramolecular Hbond substituents is 2.